The number of nitrogens with one attached hydrogen (secondary N) is 1. The Bertz CT molecular complexity index is 689. The number of rotatable bonds is 5. The number of nitrogens with zero attached hydrogens (tertiary/aromatic N) is 2. The molecule has 1 unspecified atom stereocenters. The predicted molar refractivity (Wildman–Crippen MR) is 84.2 cm³/mol. The lowest BCUT2D eigenvalue weighted by atomic mass is 10.0. The Kier molecular flexibility index (Phi) is 5.41. The maximum Gasteiger partial charge on any atom is 0.251 e. The molecular weight excluding hydrogens is 297 g/mol. The summed E-state index contributed by atoms with van der Waals surface area (Å²) in [6, 6.07) is 11.2. The largest absolute Gasteiger partial charge is 0.349 e. The third-order valence-corrected chi connectivity index (χ3v) is 3.37. The van der Waals surface area contributed by atoms with Gasteiger partial charge in [-0.1, -0.05) is 30.3 Å². The molecule has 0 saturated heterocycles. The third-order valence-electron chi connectivity index (χ3n) is 3.37. The molecule has 0 bridgehead atoms. The Morgan fingerprint density at radius 2 is 1.91 bits per heavy atom. The van der Waals surface area contributed by atoms with E-state index in [1.807, 2.05) is 30.3 Å². The molecule has 0 radical (unpaired) electrons. The number of amides is 2. The summed E-state index contributed by atoms with van der Waals surface area (Å²) in [5.74, 6) is -1.29. The van der Waals surface area contributed by atoms with Crippen LogP contribution in [-0.2, 0) is 4.79 Å². The number of hydrogen-bond donors (Lipinski definition) is 1. The van der Waals surface area contributed by atoms with Crippen molar-refractivity contribution >= 4 is 11.8 Å². The molecule has 2 rings (SSSR count). The average Bonchev–Trinajstić information content (AvgIpc) is 2.54. The Balaban J connectivity index is 2.20. The summed E-state index contributed by atoms with van der Waals surface area (Å²) in [4.78, 5) is 29.2. The second-order valence-electron chi connectivity index (χ2n) is 5.30. The van der Waals surface area contributed by atoms with Crippen LogP contribution in [0.5, 0.6) is 0 Å². The highest BCUT2D eigenvalue weighted by atomic mass is 19.1. The first-order valence-corrected chi connectivity index (χ1v) is 7.15. The van der Waals surface area contributed by atoms with Crippen molar-refractivity contribution in [2.45, 2.75) is 12.5 Å². The minimum atomic E-state index is -0.724. The van der Waals surface area contributed by atoms with Gasteiger partial charge in [-0.15, -0.1) is 0 Å². The molecule has 23 heavy (non-hydrogen) atoms. The van der Waals surface area contributed by atoms with E-state index < -0.39 is 17.9 Å². The van der Waals surface area contributed by atoms with Crippen molar-refractivity contribution in [2.24, 2.45) is 0 Å². The van der Waals surface area contributed by atoms with E-state index in [1.165, 1.54) is 17.2 Å². The van der Waals surface area contributed by atoms with Gasteiger partial charge in [-0.25, -0.2) is 4.98 Å². The SMILES string of the molecule is CN(C)C(=O)CC(NC(=O)c1ccnc(F)c1)c1ccccc1. The molecule has 1 aromatic heterocycles. The average molecular weight is 315 g/mol. The van der Waals surface area contributed by atoms with E-state index in [0.29, 0.717) is 0 Å². The van der Waals surface area contributed by atoms with Gasteiger partial charge in [0.05, 0.1) is 12.5 Å². The Morgan fingerprint density at radius 1 is 1.22 bits per heavy atom. The minimum Gasteiger partial charge on any atom is -0.349 e. The van der Waals surface area contributed by atoms with E-state index in [2.05, 4.69) is 10.3 Å². The van der Waals surface area contributed by atoms with Crippen LogP contribution in [0.3, 0.4) is 0 Å². The van der Waals surface area contributed by atoms with Crippen LogP contribution in [0.25, 0.3) is 0 Å². The van der Waals surface area contributed by atoms with Crippen LogP contribution in [0.4, 0.5) is 4.39 Å². The summed E-state index contributed by atoms with van der Waals surface area (Å²) < 4.78 is 13.2. The number of pyridine rings is 1. The van der Waals surface area contributed by atoms with Crippen molar-refractivity contribution in [3.8, 4) is 0 Å². The van der Waals surface area contributed by atoms with Gasteiger partial charge in [0.25, 0.3) is 5.91 Å². The monoisotopic (exact) mass is 315 g/mol. The van der Waals surface area contributed by atoms with Gasteiger partial charge >= 0.3 is 0 Å². The maximum atomic E-state index is 13.2. The molecule has 0 saturated carbocycles. The standard InChI is InChI=1S/C17H18FN3O2/c1-21(2)16(22)11-14(12-6-4-3-5-7-12)20-17(23)13-8-9-19-15(18)10-13/h3-10,14H,11H2,1-2H3,(H,20,23). The molecular formula is C17H18FN3O2. The summed E-state index contributed by atoms with van der Waals surface area (Å²) >= 11 is 0. The highest BCUT2D eigenvalue weighted by molar-refractivity contribution is 5.94. The van der Waals surface area contributed by atoms with Crippen LogP contribution in [0, 0.1) is 5.95 Å². The third kappa shape index (κ3) is 4.60. The zero-order valence-electron chi connectivity index (χ0n) is 13.0. The second-order valence-corrected chi connectivity index (χ2v) is 5.30. The quantitative estimate of drug-likeness (QED) is 0.860. The number of carbonyl (C=O) groups excluding carboxylic acids is 2. The smallest absolute Gasteiger partial charge is 0.251 e. The van der Waals surface area contributed by atoms with Crippen LogP contribution < -0.4 is 5.32 Å². The molecule has 0 aliphatic rings. The molecule has 1 aromatic carbocycles. The summed E-state index contributed by atoms with van der Waals surface area (Å²) in [6.07, 6.45) is 1.35. The Morgan fingerprint density at radius 3 is 2.52 bits per heavy atom. The lowest BCUT2D eigenvalue weighted by Gasteiger charge is -2.21. The molecule has 2 amide bonds. The first-order valence-electron chi connectivity index (χ1n) is 7.15. The number of hydrogen-bond acceptors (Lipinski definition) is 3. The van der Waals surface area contributed by atoms with Gasteiger partial charge < -0.3 is 10.2 Å². The van der Waals surface area contributed by atoms with Gasteiger partial charge in [0.2, 0.25) is 11.9 Å². The highest BCUT2D eigenvalue weighted by Gasteiger charge is 2.20. The van der Waals surface area contributed by atoms with Gasteiger partial charge in [-0.05, 0) is 11.6 Å². The summed E-state index contributed by atoms with van der Waals surface area (Å²) in [5.41, 5.74) is 0.973. The van der Waals surface area contributed by atoms with Crippen LogP contribution in [0.15, 0.2) is 48.7 Å². The fourth-order valence-electron chi connectivity index (χ4n) is 2.08. The predicted octanol–water partition coefficient (Wildman–Crippen LogP) is 2.17. The highest BCUT2D eigenvalue weighted by Crippen LogP contribution is 2.18. The lowest BCUT2D eigenvalue weighted by molar-refractivity contribution is -0.129. The van der Waals surface area contributed by atoms with Gasteiger partial charge in [0, 0.05) is 31.9 Å². The second kappa shape index (κ2) is 7.49. The topological polar surface area (TPSA) is 62.3 Å². The molecule has 0 aliphatic carbocycles. The van der Waals surface area contributed by atoms with Gasteiger partial charge in [-0.3, -0.25) is 9.59 Å². The molecule has 120 valence electrons. The zero-order valence-corrected chi connectivity index (χ0v) is 13.0. The Labute approximate surface area is 134 Å². The van der Waals surface area contributed by atoms with Crippen molar-refractivity contribution in [1.82, 2.24) is 15.2 Å². The summed E-state index contributed by atoms with van der Waals surface area (Å²) in [7, 11) is 3.31. The molecule has 0 spiro atoms. The summed E-state index contributed by atoms with van der Waals surface area (Å²) in [5, 5.41) is 2.78. The number of halogens is 1. The van der Waals surface area contributed by atoms with Crippen molar-refractivity contribution in [3.63, 3.8) is 0 Å². The van der Waals surface area contributed by atoms with Gasteiger partial charge in [0.15, 0.2) is 0 Å². The zero-order chi connectivity index (χ0) is 16.8. The Hall–Kier alpha value is -2.76. The van der Waals surface area contributed by atoms with Crippen LogP contribution in [-0.4, -0.2) is 35.8 Å². The fourth-order valence-corrected chi connectivity index (χ4v) is 2.08. The lowest BCUT2D eigenvalue weighted by Crippen LogP contribution is -2.33. The van der Waals surface area contributed by atoms with Gasteiger partial charge in [-0.2, -0.15) is 4.39 Å². The fraction of sp³-hybridized carbons (Fsp3) is 0.235. The molecule has 0 fully saturated rings. The number of benzene rings is 1. The van der Waals surface area contributed by atoms with E-state index in [0.717, 1.165) is 11.6 Å². The molecule has 1 heterocycles. The van der Waals surface area contributed by atoms with E-state index in [4.69, 9.17) is 0 Å². The van der Waals surface area contributed by atoms with E-state index >= 15 is 0 Å². The molecule has 5 nitrogen and oxygen atoms in total. The minimum absolute atomic E-state index is 0.111. The van der Waals surface area contributed by atoms with E-state index in [9.17, 15) is 14.0 Å². The van der Waals surface area contributed by atoms with Crippen molar-refractivity contribution in [3.05, 3.63) is 65.7 Å². The van der Waals surface area contributed by atoms with Crippen LogP contribution in [0.2, 0.25) is 0 Å². The van der Waals surface area contributed by atoms with Crippen molar-refractivity contribution < 1.29 is 14.0 Å². The van der Waals surface area contributed by atoms with E-state index in [1.54, 1.807) is 14.1 Å². The van der Waals surface area contributed by atoms with Crippen molar-refractivity contribution in [2.75, 3.05) is 14.1 Å². The maximum absolute atomic E-state index is 13.2. The van der Waals surface area contributed by atoms with Gasteiger partial charge in [0.1, 0.15) is 0 Å². The number of carbonyl (C=O) groups is 2. The van der Waals surface area contributed by atoms with E-state index in [-0.39, 0.29) is 17.9 Å². The van der Waals surface area contributed by atoms with Crippen LogP contribution >= 0.6 is 0 Å². The molecule has 2 aromatic rings. The summed E-state index contributed by atoms with van der Waals surface area (Å²) in [6.45, 7) is 0. The molecule has 1 N–H and O–H groups in total. The first kappa shape index (κ1) is 16.6. The first-order chi connectivity index (χ1) is 11.0. The molecule has 1 atom stereocenters. The molecule has 6 heteroatoms. The van der Waals surface area contributed by atoms with Crippen LogP contribution in [0.1, 0.15) is 28.4 Å². The van der Waals surface area contributed by atoms with Crippen molar-refractivity contribution in [1.29, 1.82) is 0 Å². The molecule has 0 aliphatic heterocycles. The normalized spacial score (nSPS) is 11.6. The number of aromatic nitrogens is 1.